The van der Waals surface area contributed by atoms with E-state index in [1.54, 1.807) is 11.3 Å². The normalized spacial score (nSPS) is 15.9. The van der Waals surface area contributed by atoms with Gasteiger partial charge in [0, 0.05) is 25.0 Å². The summed E-state index contributed by atoms with van der Waals surface area (Å²) < 4.78 is 1.01. The third-order valence-corrected chi connectivity index (χ3v) is 4.24. The molecule has 0 bridgehead atoms. The molecule has 1 N–H and O–H groups in total. The van der Waals surface area contributed by atoms with Gasteiger partial charge in [-0.05, 0) is 28.4 Å². The molecular weight excluding hydrogens is 288 g/mol. The van der Waals surface area contributed by atoms with Crippen LogP contribution in [0.2, 0.25) is 0 Å². The highest BCUT2D eigenvalue weighted by molar-refractivity contribution is 9.11. The summed E-state index contributed by atoms with van der Waals surface area (Å²) in [7, 11) is 0. The molecule has 0 saturated carbocycles. The van der Waals surface area contributed by atoms with Gasteiger partial charge in [-0.1, -0.05) is 6.92 Å². The predicted molar refractivity (Wildman–Crippen MR) is 70.0 cm³/mol. The first-order valence-electron chi connectivity index (χ1n) is 5.48. The second-order valence-electron chi connectivity index (χ2n) is 3.95. The van der Waals surface area contributed by atoms with Crippen molar-refractivity contribution in [2.24, 2.45) is 0 Å². The molecule has 1 amide bonds. The SMILES string of the molecule is CCCN(C(=O)c1csc(Br)c1)C1CNC1. The molecule has 5 heteroatoms. The number of carbonyl (C=O) groups is 1. The lowest BCUT2D eigenvalue weighted by molar-refractivity contribution is 0.0616. The van der Waals surface area contributed by atoms with Gasteiger partial charge >= 0.3 is 0 Å². The van der Waals surface area contributed by atoms with E-state index in [0.717, 1.165) is 35.4 Å². The number of nitrogens with zero attached hydrogens (tertiary/aromatic N) is 1. The minimum absolute atomic E-state index is 0.162. The van der Waals surface area contributed by atoms with Crippen molar-refractivity contribution in [3.63, 3.8) is 0 Å². The van der Waals surface area contributed by atoms with Gasteiger partial charge in [-0.3, -0.25) is 4.79 Å². The zero-order valence-electron chi connectivity index (χ0n) is 9.20. The van der Waals surface area contributed by atoms with Crippen LogP contribution in [0.1, 0.15) is 23.7 Å². The van der Waals surface area contributed by atoms with Gasteiger partial charge in [-0.15, -0.1) is 11.3 Å². The minimum atomic E-state index is 0.162. The number of hydrogen-bond donors (Lipinski definition) is 1. The monoisotopic (exact) mass is 302 g/mol. The van der Waals surface area contributed by atoms with Crippen molar-refractivity contribution in [3.8, 4) is 0 Å². The molecule has 0 aromatic carbocycles. The van der Waals surface area contributed by atoms with Crippen LogP contribution in [0, 0.1) is 0 Å². The second-order valence-corrected chi connectivity index (χ2v) is 6.24. The van der Waals surface area contributed by atoms with Crippen molar-refractivity contribution >= 4 is 33.2 Å². The van der Waals surface area contributed by atoms with Crippen molar-refractivity contribution in [3.05, 3.63) is 20.8 Å². The lowest BCUT2D eigenvalue weighted by atomic mass is 10.1. The van der Waals surface area contributed by atoms with E-state index < -0.39 is 0 Å². The molecule has 1 aromatic rings. The van der Waals surface area contributed by atoms with Crippen molar-refractivity contribution < 1.29 is 4.79 Å². The van der Waals surface area contributed by atoms with E-state index in [4.69, 9.17) is 0 Å². The van der Waals surface area contributed by atoms with Crippen molar-refractivity contribution in [1.29, 1.82) is 0 Å². The molecule has 16 heavy (non-hydrogen) atoms. The lowest BCUT2D eigenvalue weighted by Crippen LogP contribution is -2.59. The van der Waals surface area contributed by atoms with Crippen LogP contribution in [0.5, 0.6) is 0 Å². The average Bonchev–Trinajstić information content (AvgIpc) is 2.60. The lowest BCUT2D eigenvalue weighted by Gasteiger charge is -2.38. The molecule has 2 rings (SSSR count). The summed E-state index contributed by atoms with van der Waals surface area (Å²) in [6.45, 7) is 4.81. The molecule has 3 nitrogen and oxygen atoms in total. The summed E-state index contributed by atoms with van der Waals surface area (Å²) in [6.07, 6.45) is 1.01. The standard InChI is InChI=1S/C11H15BrN2OS/c1-2-3-14(9-5-13-6-9)11(15)8-4-10(12)16-7-8/h4,7,9,13H,2-3,5-6H2,1H3. The number of rotatable bonds is 4. The van der Waals surface area contributed by atoms with Gasteiger partial charge in [0.05, 0.1) is 15.4 Å². The third kappa shape index (κ3) is 2.47. The zero-order valence-corrected chi connectivity index (χ0v) is 11.6. The van der Waals surface area contributed by atoms with E-state index in [1.165, 1.54) is 0 Å². The van der Waals surface area contributed by atoms with E-state index in [9.17, 15) is 4.79 Å². The highest BCUT2D eigenvalue weighted by Crippen LogP contribution is 2.23. The van der Waals surface area contributed by atoms with Crippen molar-refractivity contribution in [1.82, 2.24) is 10.2 Å². The first-order valence-corrected chi connectivity index (χ1v) is 7.15. The maximum absolute atomic E-state index is 12.3. The van der Waals surface area contributed by atoms with E-state index in [2.05, 4.69) is 28.2 Å². The van der Waals surface area contributed by atoms with Gasteiger partial charge in [-0.2, -0.15) is 0 Å². The molecule has 0 radical (unpaired) electrons. The molecule has 1 aliphatic rings. The molecule has 88 valence electrons. The number of amides is 1. The Hall–Kier alpha value is -0.390. The fraction of sp³-hybridized carbons (Fsp3) is 0.545. The highest BCUT2D eigenvalue weighted by atomic mass is 79.9. The molecule has 2 heterocycles. The zero-order chi connectivity index (χ0) is 11.5. The largest absolute Gasteiger partial charge is 0.333 e. The Labute approximate surface area is 108 Å². The van der Waals surface area contributed by atoms with Gasteiger partial charge in [0.2, 0.25) is 0 Å². The quantitative estimate of drug-likeness (QED) is 0.926. The predicted octanol–water partition coefficient (Wildman–Crippen LogP) is 2.33. The summed E-state index contributed by atoms with van der Waals surface area (Å²) in [4.78, 5) is 14.3. The van der Waals surface area contributed by atoms with E-state index in [0.29, 0.717) is 6.04 Å². The van der Waals surface area contributed by atoms with Crippen LogP contribution in [0.3, 0.4) is 0 Å². The fourth-order valence-corrected chi connectivity index (χ4v) is 2.90. The van der Waals surface area contributed by atoms with Gasteiger partial charge in [-0.25, -0.2) is 0 Å². The van der Waals surface area contributed by atoms with Crippen LogP contribution < -0.4 is 5.32 Å². The molecule has 1 fully saturated rings. The Kier molecular flexibility index (Phi) is 4.00. The van der Waals surface area contributed by atoms with Gasteiger partial charge in [0.1, 0.15) is 0 Å². The van der Waals surface area contributed by atoms with Crippen LogP contribution >= 0.6 is 27.3 Å². The van der Waals surface area contributed by atoms with Crippen LogP contribution in [-0.2, 0) is 0 Å². The van der Waals surface area contributed by atoms with Crippen LogP contribution in [0.25, 0.3) is 0 Å². The molecule has 0 atom stereocenters. The van der Waals surface area contributed by atoms with Crippen LogP contribution in [-0.4, -0.2) is 36.5 Å². The molecule has 0 aliphatic carbocycles. The van der Waals surface area contributed by atoms with Gasteiger partial charge < -0.3 is 10.2 Å². The van der Waals surface area contributed by atoms with E-state index in [1.807, 2.05) is 16.3 Å². The Morgan fingerprint density at radius 3 is 2.88 bits per heavy atom. The average molecular weight is 303 g/mol. The molecule has 1 aliphatic heterocycles. The summed E-state index contributed by atoms with van der Waals surface area (Å²) in [5, 5.41) is 5.13. The summed E-state index contributed by atoms with van der Waals surface area (Å²) in [6, 6.07) is 2.29. The molecular formula is C11H15BrN2OS. The topological polar surface area (TPSA) is 32.3 Å². The van der Waals surface area contributed by atoms with Crippen LogP contribution in [0.15, 0.2) is 15.2 Å². The molecule has 1 saturated heterocycles. The molecule has 0 spiro atoms. The van der Waals surface area contributed by atoms with Crippen molar-refractivity contribution in [2.45, 2.75) is 19.4 Å². The Morgan fingerprint density at radius 2 is 2.44 bits per heavy atom. The first-order chi connectivity index (χ1) is 7.72. The first kappa shape index (κ1) is 12.1. The number of hydrogen-bond acceptors (Lipinski definition) is 3. The van der Waals surface area contributed by atoms with E-state index >= 15 is 0 Å². The summed E-state index contributed by atoms with van der Waals surface area (Å²) >= 11 is 4.95. The molecule has 0 unspecified atom stereocenters. The third-order valence-electron chi connectivity index (χ3n) is 2.74. The smallest absolute Gasteiger partial charge is 0.255 e. The minimum Gasteiger partial charge on any atom is -0.333 e. The number of nitrogens with one attached hydrogen (secondary N) is 1. The Balaban J connectivity index is 2.09. The maximum Gasteiger partial charge on any atom is 0.255 e. The maximum atomic E-state index is 12.3. The van der Waals surface area contributed by atoms with Gasteiger partial charge in [0.15, 0.2) is 0 Å². The number of thiophene rings is 1. The van der Waals surface area contributed by atoms with Crippen molar-refractivity contribution in [2.75, 3.05) is 19.6 Å². The number of carbonyl (C=O) groups excluding carboxylic acids is 1. The summed E-state index contributed by atoms with van der Waals surface area (Å²) in [5.41, 5.74) is 0.803. The highest BCUT2D eigenvalue weighted by Gasteiger charge is 2.28. The molecule has 1 aromatic heterocycles. The summed E-state index contributed by atoms with van der Waals surface area (Å²) in [5.74, 6) is 0.162. The Bertz CT molecular complexity index is 376. The van der Waals surface area contributed by atoms with E-state index in [-0.39, 0.29) is 5.91 Å². The van der Waals surface area contributed by atoms with Crippen LogP contribution in [0.4, 0.5) is 0 Å². The fourth-order valence-electron chi connectivity index (χ4n) is 1.77. The second kappa shape index (κ2) is 5.29. The van der Waals surface area contributed by atoms with Gasteiger partial charge in [0.25, 0.3) is 5.91 Å². The number of halogens is 1. The Morgan fingerprint density at radius 1 is 1.69 bits per heavy atom.